The molecule has 2 atom stereocenters. The van der Waals surface area contributed by atoms with Crippen LogP contribution in [-0.4, -0.2) is 46.0 Å². The number of ether oxygens (including phenoxy) is 1. The van der Waals surface area contributed by atoms with Gasteiger partial charge in [0.1, 0.15) is 6.33 Å². The van der Waals surface area contributed by atoms with Crippen LogP contribution >= 0.6 is 11.3 Å². The monoisotopic (exact) mass is 379 g/mol. The second kappa shape index (κ2) is 8.05. The fourth-order valence-corrected chi connectivity index (χ4v) is 4.14. The highest BCUT2D eigenvalue weighted by atomic mass is 32.1. The molecule has 9 heteroatoms. The summed E-state index contributed by atoms with van der Waals surface area (Å²) in [6, 6.07) is 1.87. The Morgan fingerprint density at radius 3 is 3.08 bits per heavy atom. The Bertz CT molecular complexity index is 784. The molecule has 7 nitrogen and oxygen atoms in total. The number of nitrogens with one attached hydrogen (secondary N) is 1. The molecule has 1 aliphatic heterocycles. The maximum absolute atomic E-state index is 14.0. The third kappa shape index (κ3) is 4.34. The fourth-order valence-electron chi connectivity index (χ4n) is 3.21. The fraction of sp³-hybridized carbons (Fsp3) is 0.529. The lowest BCUT2D eigenvalue weighted by Gasteiger charge is -2.20. The van der Waals surface area contributed by atoms with Gasteiger partial charge >= 0.3 is 0 Å². The lowest BCUT2D eigenvalue weighted by Crippen LogP contribution is -2.22. The zero-order chi connectivity index (χ0) is 18.7. The third-order valence-electron chi connectivity index (χ3n) is 4.65. The number of halogens is 1. The van der Waals surface area contributed by atoms with Crippen LogP contribution in [0.4, 0.5) is 9.52 Å². The molecule has 0 saturated carbocycles. The summed E-state index contributed by atoms with van der Waals surface area (Å²) in [6.45, 7) is 5.79. The van der Waals surface area contributed by atoms with Gasteiger partial charge in [0.15, 0.2) is 5.13 Å². The van der Waals surface area contributed by atoms with Gasteiger partial charge in [0, 0.05) is 32.0 Å². The SMILES string of the molecule is COc1cc(C(C)C2CCN(Cc3sc(NC(C)=O)nc3F)C2)ncn1. The Hall–Kier alpha value is -2.13. The predicted octanol–water partition coefficient (Wildman–Crippen LogP) is 2.66. The number of rotatable bonds is 6. The van der Waals surface area contributed by atoms with Gasteiger partial charge in [0.05, 0.1) is 17.7 Å². The Morgan fingerprint density at radius 1 is 1.54 bits per heavy atom. The van der Waals surface area contributed by atoms with Gasteiger partial charge in [-0.2, -0.15) is 9.37 Å². The molecule has 0 spiro atoms. The van der Waals surface area contributed by atoms with Crippen molar-refractivity contribution < 1.29 is 13.9 Å². The van der Waals surface area contributed by atoms with E-state index in [9.17, 15) is 9.18 Å². The van der Waals surface area contributed by atoms with Gasteiger partial charge in [0.2, 0.25) is 17.7 Å². The molecule has 0 aliphatic carbocycles. The van der Waals surface area contributed by atoms with Crippen LogP contribution in [0.3, 0.4) is 0 Å². The van der Waals surface area contributed by atoms with Gasteiger partial charge < -0.3 is 10.1 Å². The van der Waals surface area contributed by atoms with Crippen LogP contribution in [0.1, 0.15) is 36.8 Å². The molecule has 0 radical (unpaired) electrons. The summed E-state index contributed by atoms with van der Waals surface area (Å²) in [7, 11) is 1.59. The largest absolute Gasteiger partial charge is 0.481 e. The molecule has 26 heavy (non-hydrogen) atoms. The van der Waals surface area contributed by atoms with Crippen molar-refractivity contribution >= 4 is 22.4 Å². The van der Waals surface area contributed by atoms with Crippen LogP contribution in [0, 0.1) is 11.9 Å². The number of carbonyl (C=O) groups is 1. The number of amides is 1. The summed E-state index contributed by atoms with van der Waals surface area (Å²) in [5.41, 5.74) is 0.959. The lowest BCUT2D eigenvalue weighted by atomic mass is 9.90. The molecular weight excluding hydrogens is 357 g/mol. The van der Waals surface area contributed by atoms with Crippen molar-refractivity contribution in [2.45, 2.75) is 32.7 Å². The van der Waals surface area contributed by atoms with E-state index in [0.29, 0.717) is 28.4 Å². The van der Waals surface area contributed by atoms with Crippen molar-refractivity contribution in [1.82, 2.24) is 19.9 Å². The van der Waals surface area contributed by atoms with Crippen LogP contribution in [0.25, 0.3) is 0 Å². The first-order valence-corrected chi connectivity index (χ1v) is 9.29. The van der Waals surface area contributed by atoms with Crippen molar-refractivity contribution in [3.63, 3.8) is 0 Å². The van der Waals surface area contributed by atoms with Gasteiger partial charge in [0.25, 0.3) is 0 Å². The molecule has 140 valence electrons. The van der Waals surface area contributed by atoms with E-state index in [0.717, 1.165) is 25.2 Å². The first-order chi connectivity index (χ1) is 12.5. The first kappa shape index (κ1) is 18.7. The Balaban J connectivity index is 1.61. The highest BCUT2D eigenvalue weighted by Gasteiger charge is 2.30. The number of hydrogen-bond acceptors (Lipinski definition) is 7. The van der Waals surface area contributed by atoms with Gasteiger partial charge in [-0.25, -0.2) is 9.97 Å². The minimum absolute atomic E-state index is 0.249. The van der Waals surface area contributed by atoms with E-state index >= 15 is 0 Å². The molecule has 1 amide bonds. The number of likely N-dealkylation sites (tertiary alicyclic amines) is 1. The van der Waals surface area contributed by atoms with Crippen LogP contribution in [0.5, 0.6) is 5.88 Å². The van der Waals surface area contributed by atoms with E-state index < -0.39 is 5.95 Å². The van der Waals surface area contributed by atoms with Crippen molar-refractivity contribution in [2.75, 3.05) is 25.5 Å². The summed E-state index contributed by atoms with van der Waals surface area (Å²) in [5.74, 6) is 0.504. The first-order valence-electron chi connectivity index (χ1n) is 8.47. The van der Waals surface area contributed by atoms with Crippen LogP contribution in [0.15, 0.2) is 12.4 Å². The highest BCUT2D eigenvalue weighted by molar-refractivity contribution is 7.15. The topological polar surface area (TPSA) is 80.2 Å². The summed E-state index contributed by atoms with van der Waals surface area (Å²) in [6.07, 6.45) is 2.54. The van der Waals surface area contributed by atoms with E-state index in [4.69, 9.17) is 4.74 Å². The standard InChI is InChI=1S/C17H22FN5O2S/c1-10(13-6-15(25-3)20-9-19-13)12-4-5-23(7-12)8-14-16(18)22-17(26-14)21-11(2)24/h6,9-10,12H,4-5,7-8H2,1-3H3,(H,21,22,24). The quantitative estimate of drug-likeness (QED) is 0.831. The van der Waals surface area contributed by atoms with E-state index in [1.807, 2.05) is 6.07 Å². The number of nitrogens with zero attached hydrogens (tertiary/aromatic N) is 4. The van der Waals surface area contributed by atoms with Crippen LogP contribution < -0.4 is 10.1 Å². The molecule has 2 aromatic rings. The van der Waals surface area contributed by atoms with Gasteiger partial charge in [-0.3, -0.25) is 9.69 Å². The summed E-state index contributed by atoms with van der Waals surface area (Å²) in [4.78, 5) is 26.0. The smallest absolute Gasteiger partial charge is 0.230 e. The molecule has 3 heterocycles. The van der Waals surface area contributed by atoms with Crippen LogP contribution in [0.2, 0.25) is 0 Å². The number of anilines is 1. The number of thiazole rings is 1. The van der Waals surface area contributed by atoms with Crippen molar-refractivity contribution in [3.05, 3.63) is 28.9 Å². The van der Waals surface area contributed by atoms with Gasteiger partial charge in [-0.15, -0.1) is 0 Å². The minimum atomic E-state index is -0.504. The molecule has 2 aromatic heterocycles. The molecule has 1 fully saturated rings. The normalized spacial score (nSPS) is 18.7. The zero-order valence-corrected chi connectivity index (χ0v) is 15.8. The minimum Gasteiger partial charge on any atom is -0.481 e. The van der Waals surface area contributed by atoms with Crippen molar-refractivity contribution in [2.24, 2.45) is 5.92 Å². The summed E-state index contributed by atoms with van der Waals surface area (Å²) >= 11 is 1.19. The van der Waals surface area contributed by atoms with Crippen molar-refractivity contribution in [3.8, 4) is 5.88 Å². The molecule has 2 unspecified atom stereocenters. The Morgan fingerprint density at radius 2 is 2.35 bits per heavy atom. The number of methoxy groups -OCH3 is 1. The second-order valence-corrected chi connectivity index (χ2v) is 7.56. The average Bonchev–Trinajstić information content (AvgIpc) is 3.21. The molecule has 1 N–H and O–H groups in total. The Kier molecular flexibility index (Phi) is 5.77. The number of hydrogen-bond donors (Lipinski definition) is 1. The van der Waals surface area contributed by atoms with Gasteiger partial charge in [-0.05, 0) is 18.9 Å². The third-order valence-corrected chi connectivity index (χ3v) is 5.59. The Labute approximate surface area is 155 Å². The maximum Gasteiger partial charge on any atom is 0.230 e. The summed E-state index contributed by atoms with van der Waals surface area (Å²) in [5, 5.41) is 2.84. The van der Waals surface area contributed by atoms with Crippen molar-refractivity contribution in [1.29, 1.82) is 0 Å². The number of carbonyl (C=O) groups excluding carboxylic acids is 1. The zero-order valence-electron chi connectivity index (χ0n) is 15.0. The molecule has 0 aromatic carbocycles. The van der Waals surface area contributed by atoms with E-state index in [1.165, 1.54) is 24.6 Å². The van der Waals surface area contributed by atoms with Crippen LogP contribution in [-0.2, 0) is 11.3 Å². The molecule has 1 saturated heterocycles. The van der Waals surface area contributed by atoms with Gasteiger partial charge in [-0.1, -0.05) is 18.3 Å². The average molecular weight is 379 g/mol. The van der Waals surface area contributed by atoms with E-state index in [-0.39, 0.29) is 11.8 Å². The number of aromatic nitrogens is 3. The molecular formula is C17H22FN5O2S. The highest BCUT2D eigenvalue weighted by Crippen LogP contribution is 2.33. The molecule has 0 bridgehead atoms. The second-order valence-electron chi connectivity index (χ2n) is 6.47. The summed E-state index contributed by atoms with van der Waals surface area (Å²) < 4.78 is 19.2. The molecule has 3 rings (SSSR count). The lowest BCUT2D eigenvalue weighted by molar-refractivity contribution is -0.114. The van der Waals surface area contributed by atoms with E-state index in [1.54, 1.807) is 7.11 Å². The molecule has 1 aliphatic rings. The van der Waals surface area contributed by atoms with E-state index in [2.05, 4.69) is 32.1 Å². The maximum atomic E-state index is 14.0. The predicted molar refractivity (Wildman–Crippen MR) is 96.8 cm³/mol.